The van der Waals surface area contributed by atoms with E-state index in [0.29, 0.717) is 0 Å². The van der Waals surface area contributed by atoms with E-state index in [1.165, 1.54) is 113 Å². The van der Waals surface area contributed by atoms with Crippen LogP contribution in [-0.4, -0.2) is 12.3 Å². The maximum atomic E-state index is 7.66. The van der Waals surface area contributed by atoms with Gasteiger partial charge in [0.2, 0.25) is 0 Å². The van der Waals surface area contributed by atoms with Crippen molar-refractivity contribution in [2.45, 2.75) is 23.7 Å². The molecule has 0 bridgehead atoms. The Morgan fingerprint density at radius 1 is 0.256 bits per heavy atom. The summed E-state index contributed by atoms with van der Waals surface area (Å²) in [7, 11) is -1.43. The average Bonchev–Trinajstić information content (AvgIpc) is 1.84. The minimum atomic E-state index is -0.714. The Morgan fingerprint density at radius 3 is 0.756 bits per heavy atom. The van der Waals surface area contributed by atoms with E-state index in [2.05, 4.69) is 327 Å². The molecule has 0 saturated heterocycles. The van der Waals surface area contributed by atoms with E-state index in [4.69, 9.17) is 12.8 Å². The first-order chi connectivity index (χ1) is 41.6. The van der Waals surface area contributed by atoms with E-state index >= 15 is 0 Å². The summed E-state index contributed by atoms with van der Waals surface area (Å²) in [5, 5.41) is 6.13. The number of hydrogen-bond acceptors (Lipinski definition) is 0. The zero-order valence-electron chi connectivity index (χ0n) is 47.6. The fourth-order valence-corrected chi connectivity index (χ4v) is 18.5. The average molecular weight is 1510 g/mol. The molecule has 422 valence electrons. The van der Waals surface area contributed by atoms with Gasteiger partial charge >= 0.3 is 44.8 Å². The molecule has 12 aromatic rings. The molecule has 0 atom stereocenters. The molecule has 4 heteroatoms. The molecule has 0 radical (unpaired) electrons. The second-order valence-corrected chi connectivity index (χ2v) is 26.7. The molecule has 86 heavy (non-hydrogen) atoms. The Labute approximate surface area is 543 Å². The fraction of sp³-hybridized carbons (Fsp3) is 0.0732. The van der Waals surface area contributed by atoms with Gasteiger partial charge in [-0.1, -0.05) is 255 Å². The van der Waals surface area contributed by atoms with Gasteiger partial charge in [0.1, 0.15) is 0 Å². The molecule has 12 aromatic carbocycles. The van der Waals surface area contributed by atoms with Crippen molar-refractivity contribution in [1.29, 1.82) is 0 Å². The summed E-state index contributed by atoms with van der Waals surface area (Å²) in [4.78, 5) is 0. The zero-order chi connectivity index (χ0) is 57.0. The molecular formula is C82H64Au2P2+2. The summed E-state index contributed by atoms with van der Waals surface area (Å²) in [6.45, 7) is 0. The van der Waals surface area contributed by atoms with Crippen LogP contribution in [0.2, 0.25) is 0 Å². The van der Waals surface area contributed by atoms with E-state index in [-0.39, 0.29) is 55.6 Å². The van der Waals surface area contributed by atoms with Crippen LogP contribution < -0.4 is 21.2 Å². The predicted octanol–water partition coefficient (Wildman–Crippen LogP) is 17.5. The van der Waals surface area contributed by atoms with Crippen molar-refractivity contribution in [3.05, 3.63) is 396 Å². The Hall–Kier alpha value is -7.90. The molecule has 0 heterocycles. The van der Waals surface area contributed by atoms with Gasteiger partial charge in [0.05, 0.1) is 60.2 Å². The van der Waals surface area contributed by atoms with Crippen LogP contribution in [0.15, 0.2) is 328 Å². The molecule has 0 spiro atoms. The molecule has 0 saturated carbocycles. The van der Waals surface area contributed by atoms with Gasteiger partial charge in [0.15, 0.2) is 0 Å². The summed E-state index contributed by atoms with van der Waals surface area (Å²) in [6.07, 6.45) is 20.5. The second kappa shape index (κ2) is 29.0. The third-order valence-corrected chi connectivity index (χ3v) is 22.6. The molecule has 0 unspecified atom stereocenters. The van der Waals surface area contributed by atoms with E-state index in [1.54, 1.807) is 0 Å². The van der Waals surface area contributed by atoms with Crippen LogP contribution in [0.4, 0.5) is 0 Å². The first-order valence-electron chi connectivity index (χ1n) is 29.1. The summed E-state index contributed by atoms with van der Waals surface area (Å²) in [5.41, 5.74) is 15.8. The predicted molar refractivity (Wildman–Crippen MR) is 360 cm³/mol. The largest absolute Gasteiger partial charge is 1.00 e. The Morgan fingerprint density at radius 2 is 0.488 bits per heavy atom. The van der Waals surface area contributed by atoms with Gasteiger partial charge in [0, 0.05) is 0 Å². The van der Waals surface area contributed by atoms with Crippen LogP contribution in [-0.2, 0) is 55.6 Å². The molecule has 0 N–H and O–H groups in total. The quantitative estimate of drug-likeness (QED) is 0.0355. The van der Waals surface area contributed by atoms with Crippen molar-refractivity contribution in [3.63, 3.8) is 0 Å². The SMILES string of the molecule is [Au+].[Au+].[C-]#Cc1ccc2c(c1)C(c1ccccc1)(c1ccccc1)c1ccccc1-2.[C-]#Cc1ccc2c(c1)C(c1ccccc1)(c1ccccc1)c1ccccc1-2.c1ccc([PH+](CCCC[PH+](c2ccccc2)c2ccccc2)c2ccccc2)cc1. The molecule has 0 aliphatic heterocycles. The number of fused-ring (bicyclic) bond motifs is 6. The van der Waals surface area contributed by atoms with Gasteiger partial charge in [-0.2, -0.15) is 0 Å². The van der Waals surface area contributed by atoms with Gasteiger partial charge in [-0.3, -0.25) is 11.8 Å². The monoisotopic (exact) mass is 1500 g/mol. The van der Waals surface area contributed by atoms with Crippen molar-refractivity contribution >= 4 is 37.1 Å². The molecule has 2 aliphatic carbocycles. The first-order valence-corrected chi connectivity index (χ1v) is 32.5. The molecule has 0 amide bonds. The van der Waals surface area contributed by atoms with Crippen LogP contribution >= 0.6 is 15.8 Å². The second-order valence-electron chi connectivity index (χ2n) is 21.5. The van der Waals surface area contributed by atoms with Crippen LogP contribution in [0.5, 0.6) is 0 Å². The summed E-state index contributed by atoms with van der Waals surface area (Å²) in [5.74, 6) is 5.15. The molecule has 0 aromatic heterocycles. The van der Waals surface area contributed by atoms with Crippen molar-refractivity contribution in [2.75, 3.05) is 12.3 Å². The van der Waals surface area contributed by atoms with Crippen LogP contribution in [0, 0.1) is 24.7 Å². The van der Waals surface area contributed by atoms with Crippen LogP contribution in [0.3, 0.4) is 0 Å². The summed E-state index contributed by atoms with van der Waals surface area (Å²) >= 11 is 0. The van der Waals surface area contributed by atoms with Crippen molar-refractivity contribution < 1.29 is 44.8 Å². The van der Waals surface area contributed by atoms with E-state index < -0.39 is 15.8 Å². The topological polar surface area (TPSA) is 0 Å². The Bertz CT molecular complexity index is 3770. The maximum absolute atomic E-state index is 7.66. The van der Waals surface area contributed by atoms with Gasteiger partial charge in [-0.15, -0.1) is 35.4 Å². The van der Waals surface area contributed by atoms with Gasteiger partial charge < -0.3 is 12.8 Å². The number of hydrogen-bond donors (Lipinski definition) is 0. The zero-order valence-corrected chi connectivity index (χ0v) is 53.9. The first kappa shape index (κ1) is 61.2. The van der Waals surface area contributed by atoms with Gasteiger partial charge in [0.25, 0.3) is 0 Å². The normalized spacial score (nSPS) is 12.3. The smallest absolute Gasteiger partial charge is 0.366 e. The van der Waals surface area contributed by atoms with Gasteiger partial charge in [-0.05, 0) is 128 Å². The summed E-state index contributed by atoms with van der Waals surface area (Å²) in [6, 6.07) is 117. The molecule has 0 nitrogen and oxygen atoms in total. The molecular weight excluding hydrogens is 1440 g/mol. The fourth-order valence-electron chi connectivity index (χ4n) is 13.1. The van der Waals surface area contributed by atoms with Crippen LogP contribution in [0.25, 0.3) is 22.3 Å². The van der Waals surface area contributed by atoms with Crippen molar-refractivity contribution in [1.82, 2.24) is 0 Å². The summed E-state index contributed by atoms with van der Waals surface area (Å²) < 4.78 is 0. The number of unbranched alkanes of at least 4 members (excludes halogenated alkanes) is 1. The van der Waals surface area contributed by atoms with E-state index in [0.717, 1.165) is 11.1 Å². The van der Waals surface area contributed by atoms with Crippen LogP contribution in [0.1, 0.15) is 68.5 Å². The van der Waals surface area contributed by atoms with E-state index in [1.807, 2.05) is 12.1 Å². The maximum Gasteiger partial charge on any atom is 1.00 e. The standard InChI is InChI=1S/C28H28P2.2C27H17.2Au/c1-5-15-25(16-6-1)29(26-17-7-2-8-18-26)23-13-14-24-30(27-19-9-3-10-20-27)28-21-11-4-12-22-28;2*1-2-20-17-18-24-23-15-9-10-16-25(23)27(26(24)19-20,21-11-5-3-6-12-21)22-13-7-4-8-14-22;;/h1-12,15-22H,13-14,23-24H2;2*3-19H;;/q;2*-1;2*+1/p+2. The Balaban J connectivity index is 0.000000142. The molecule has 14 rings (SSSR count). The van der Waals surface area contributed by atoms with E-state index in [9.17, 15) is 0 Å². The third kappa shape index (κ3) is 12.3. The third-order valence-electron chi connectivity index (χ3n) is 16.8. The number of benzene rings is 12. The van der Waals surface area contributed by atoms with Gasteiger partial charge in [-0.25, -0.2) is 0 Å². The minimum Gasteiger partial charge on any atom is -0.366 e. The number of rotatable bonds is 13. The molecule has 2 aliphatic rings. The minimum absolute atomic E-state index is 0. The van der Waals surface area contributed by atoms with Crippen molar-refractivity contribution in [3.8, 4) is 34.1 Å². The molecule has 0 fully saturated rings. The van der Waals surface area contributed by atoms with Crippen molar-refractivity contribution in [2.24, 2.45) is 0 Å². The Kier molecular flexibility index (Phi) is 20.6.